The van der Waals surface area contributed by atoms with Crippen molar-refractivity contribution in [3.05, 3.63) is 63.6 Å². The summed E-state index contributed by atoms with van der Waals surface area (Å²) in [5, 5.41) is 3.11. The van der Waals surface area contributed by atoms with Crippen molar-refractivity contribution in [3.8, 4) is 0 Å². The zero-order chi connectivity index (χ0) is 27.2. The number of nitrogens with zero attached hydrogens (tertiary/aromatic N) is 2. The Morgan fingerprint density at radius 2 is 1.65 bits per heavy atom. The molecule has 2 amide bonds. The SMILES string of the molecule is Cc1cc(C)cc(N(CCCC(=O)N(Cc2ccc(Br)cc2)[C@@H](C)C(=O)NC2CCCC2)S(C)(=O)=O)c1. The van der Waals surface area contributed by atoms with Gasteiger partial charge in [0.05, 0.1) is 11.9 Å². The third-order valence-electron chi connectivity index (χ3n) is 6.78. The summed E-state index contributed by atoms with van der Waals surface area (Å²) in [5.41, 5.74) is 3.47. The third-order valence-corrected chi connectivity index (χ3v) is 8.50. The summed E-state index contributed by atoms with van der Waals surface area (Å²) < 4.78 is 27.4. The Balaban J connectivity index is 1.73. The van der Waals surface area contributed by atoms with E-state index < -0.39 is 16.1 Å². The molecule has 1 aliphatic carbocycles. The zero-order valence-electron chi connectivity index (χ0n) is 22.2. The molecule has 1 N–H and O–H groups in total. The van der Waals surface area contributed by atoms with Crippen LogP contribution < -0.4 is 9.62 Å². The highest BCUT2D eigenvalue weighted by Gasteiger charge is 2.28. The van der Waals surface area contributed by atoms with Gasteiger partial charge in [-0.15, -0.1) is 0 Å². The van der Waals surface area contributed by atoms with Crippen LogP contribution in [0.2, 0.25) is 0 Å². The Morgan fingerprint density at radius 1 is 1.05 bits per heavy atom. The van der Waals surface area contributed by atoms with Crippen LogP contribution in [0.1, 0.15) is 62.1 Å². The lowest BCUT2D eigenvalue weighted by Gasteiger charge is -2.30. The van der Waals surface area contributed by atoms with Crippen molar-refractivity contribution in [2.75, 3.05) is 17.1 Å². The molecule has 0 spiro atoms. The lowest BCUT2D eigenvalue weighted by Crippen LogP contribution is -2.49. The summed E-state index contributed by atoms with van der Waals surface area (Å²) in [6, 6.07) is 12.9. The molecule has 0 radical (unpaired) electrons. The van der Waals surface area contributed by atoms with E-state index in [1.165, 1.54) is 10.6 Å². The Labute approximate surface area is 229 Å². The predicted octanol–water partition coefficient (Wildman–Crippen LogP) is 5.09. The molecule has 0 unspecified atom stereocenters. The zero-order valence-corrected chi connectivity index (χ0v) is 24.6. The monoisotopic (exact) mass is 591 g/mol. The summed E-state index contributed by atoms with van der Waals surface area (Å²) in [7, 11) is -3.53. The number of carbonyl (C=O) groups is 2. The van der Waals surface area contributed by atoms with Crippen LogP contribution in [0.3, 0.4) is 0 Å². The number of hydrogen-bond donors (Lipinski definition) is 1. The van der Waals surface area contributed by atoms with Gasteiger partial charge in [-0.2, -0.15) is 0 Å². The molecule has 202 valence electrons. The number of benzene rings is 2. The van der Waals surface area contributed by atoms with Crippen molar-refractivity contribution in [3.63, 3.8) is 0 Å². The third kappa shape index (κ3) is 8.57. The number of amides is 2. The molecule has 1 aliphatic rings. The van der Waals surface area contributed by atoms with E-state index in [0.717, 1.165) is 46.8 Å². The first-order chi connectivity index (χ1) is 17.4. The average molecular weight is 593 g/mol. The van der Waals surface area contributed by atoms with Crippen molar-refractivity contribution in [2.45, 2.75) is 77.9 Å². The Morgan fingerprint density at radius 3 is 2.22 bits per heavy atom. The number of anilines is 1. The largest absolute Gasteiger partial charge is 0.352 e. The maximum atomic E-state index is 13.4. The van der Waals surface area contributed by atoms with E-state index >= 15 is 0 Å². The van der Waals surface area contributed by atoms with Gasteiger partial charge >= 0.3 is 0 Å². The molecule has 3 rings (SSSR count). The molecular formula is C28H38BrN3O4S. The van der Waals surface area contributed by atoms with Gasteiger partial charge in [0.25, 0.3) is 0 Å². The first-order valence-corrected chi connectivity index (χ1v) is 15.5. The summed E-state index contributed by atoms with van der Waals surface area (Å²) in [4.78, 5) is 28.1. The summed E-state index contributed by atoms with van der Waals surface area (Å²) >= 11 is 3.43. The van der Waals surface area contributed by atoms with E-state index in [4.69, 9.17) is 0 Å². The van der Waals surface area contributed by atoms with Crippen molar-refractivity contribution >= 4 is 43.5 Å². The Bertz CT molecular complexity index is 1170. The van der Waals surface area contributed by atoms with Crippen LogP contribution in [-0.2, 0) is 26.2 Å². The fourth-order valence-corrected chi connectivity index (χ4v) is 6.07. The number of aryl methyl sites for hydroxylation is 2. The van der Waals surface area contributed by atoms with Gasteiger partial charge in [0.1, 0.15) is 6.04 Å². The number of nitrogens with one attached hydrogen (secondary N) is 1. The number of hydrogen-bond acceptors (Lipinski definition) is 4. The van der Waals surface area contributed by atoms with Crippen LogP contribution >= 0.6 is 15.9 Å². The maximum absolute atomic E-state index is 13.4. The number of rotatable bonds is 11. The van der Waals surface area contributed by atoms with Crippen molar-refractivity contribution in [1.29, 1.82) is 0 Å². The number of carbonyl (C=O) groups excluding carboxylic acids is 2. The van der Waals surface area contributed by atoms with Crippen LogP contribution in [0.15, 0.2) is 46.9 Å². The lowest BCUT2D eigenvalue weighted by atomic mass is 10.1. The van der Waals surface area contributed by atoms with Gasteiger partial charge in [-0.3, -0.25) is 13.9 Å². The van der Waals surface area contributed by atoms with Gasteiger partial charge in [-0.1, -0.05) is 47.0 Å². The average Bonchev–Trinajstić information content (AvgIpc) is 3.32. The summed E-state index contributed by atoms with van der Waals surface area (Å²) in [6.45, 7) is 6.11. The molecule has 1 saturated carbocycles. The minimum absolute atomic E-state index is 0.133. The molecule has 9 heteroatoms. The number of sulfonamides is 1. The quantitative estimate of drug-likeness (QED) is 0.394. The fraction of sp³-hybridized carbons (Fsp3) is 0.500. The molecule has 0 aliphatic heterocycles. The van der Waals surface area contributed by atoms with E-state index in [9.17, 15) is 18.0 Å². The topological polar surface area (TPSA) is 86.8 Å². The van der Waals surface area contributed by atoms with Crippen molar-refractivity contribution < 1.29 is 18.0 Å². The highest BCUT2D eigenvalue weighted by atomic mass is 79.9. The lowest BCUT2D eigenvalue weighted by molar-refractivity contribution is -0.141. The van der Waals surface area contributed by atoms with Gasteiger partial charge in [-0.05, 0) is 81.0 Å². The molecule has 1 atom stereocenters. The van der Waals surface area contributed by atoms with E-state index in [1.807, 2.05) is 56.3 Å². The van der Waals surface area contributed by atoms with Gasteiger partial charge in [0, 0.05) is 30.0 Å². The summed E-state index contributed by atoms with van der Waals surface area (Å²) in [5.74, 6) is -0.323. The molecule has 0 heterocycles. The summed E-state index contributed by atoms with van der Waals surface area (Å²) in [6.07, 6.45) is 5.82. The van der Waals surface area contributed by atoms with Crippen LogP contribution in [0.5, 0.6) is 0 Å². The second kappa shape index (κ2) is 12.9. The molecule has 37 heavy (non-hydrogen) atoms. The molecule has 0 bridgehead atoms. The van der Waals surface area contributed by atoms with Gasteiger partial charge in [0.2, 0.25) is 21.8 Å². The fourth-order valence-electron chi connectivity index (χ4n) is 4.86. The molecular weight excluding hydrogens is 554 g/mol. The van der Waals surface area contributed by atoms with Gasteiger partial charge in [0.15, 0.2) is 0 Å². The highest BCUT2D eigenvalue weighted by Crippen LogP contribution is 2.23. The predicted molar refractivity (Wildman–Crippen MR) is 152 cm³/mol. The van der Waals surface area contributed by atoms with Crippen LogP contribution in [0, 0.1) is 13.8 Å². The molecule has 0 saturated heterocycles. The van der Waals surface area contributed by atoms with Crippen molar-refractivity contribution in [2.24, 2.45) is 0 Å². The normalized spacial score (nSPS) is 14.8. The molecule has 2 aromatic rings. The Kier molecular flexibility index (Phi) is 10.2. The first kappa shape index (κ1) is 29.2. The molecule has 1 fully saturated rings. The maximum Gasteiger partial charge on any atom is 0.242 e. The van der Waals surface area contributed by atoms with Crippen LogP contribution in [-0.4, -0.2) is 50.0 Å². The Hall–Kier alpha value is -2.39. The molecule has 0 aromatic heterocycles. The smallest absolute Gasteiger partial charge is 0.242 e. The van der Waals surface area contributed by atoms with E-state index in [2.05, 4.69) is 21.2 Å². The van der Waals surface area contributed by atoms with E-state index in [1.54, 1.807) is 11.8 Å². The first-order valence-electron chi connectivity index (χ1n) is 12.8. The number of halogens is 1. The van der Waals surface area contributed by atoms with Crippen molar-refractivity contribution in [1.82, 2.24) is 10.2 Å². The van der Waals surface area contributed by atoms with Gasteiger partial charge < -0.3 is 10.2 Å². The van der Waals surface area contributed by atoms with E-state index in [0.29, 0.717) is 18.7 Å². The minimum atomic E-state index is -3.53. The standard InChI is InChI=1S/C28H38BrN3O4S/c1-20-16-21(2)18-26(17-20)32(37(4,35)36)15-7-10-27(33)31(19-23-11-13-24(29)14-12-23)22(3)28(34)30-25-8-5-6-9-25/h11-14,16-18,22,25H,5-10,15,19H2,1-4H3,(H,30,34)/t22-/m0/s1. The second-order valence-corrected chi connectivity index (χ2v) is 12.9. The molecule has 7 nitrogen and oxygen atoms in total. The highest BCUT2D eigenvalue weighted by molar-refractivity contribution is 9.10. The minimum Gasteiger partial charge on any atom is -0.352 e. The molecule has 2 aromatic carbocycles. The van der Waals surface area contributed by atoms with Crippen LogP contribution in [0.4, 0.5) is 5.69 Å². The second-order valence-electron chi connectivity index (χ2n) is 10.1. The van der Waals surface area contributed by atoms with Gasteiger partial charge in [-0.25, -0.2) is 8.42 Å². The van der Waals surface area contributed by atoms with E-state index in [-0.39, 0.29) is 30.8 Å². The van der Waals surface area contributed by atoms with Crippen LogP contribution in [0.25, 0.3) is 0 Å².